The summed E-state index contributed by atoms with van der Waals surface area (Å²) < 4.78 is 0. The molecule has 0 fully saturated rings. The Balaban J connectivity index is 0.000000337. The second kappa shape index (κ2) is 12.9. The van der Waals surface area contributed by atoms with E-state index in [4.69, 9.17) is 0 Å². The van der Waals surface area contributed by atoms with Gasteiger partial charge in [-0.1, -0.05) is 60.7 Å². The van der Waals surface area contributed by atoms with Gasteiger partial charge in [-0.15, -0.1) is 0 Å². The third-order valence-electron chi connectivity index (χ3n) is 2.57. The van der Waals surface area contributed by atoms with Gasteiger partial charge >= 0.3 is 21.7 Å². The fraction of sp³-hybridized carbons (Fsp3) is 0. The van der Waals surface area contributed by atoms with Crippen LogP contribution in [0.3, 0.4) is 0 Å². The number of carbonyl (C=O) groups is 2. The molecule has 24 heavy (non-hydrogen) atoms. The Morgan fingerprint density at radius 2 is 0.958 bits per heavy atom. The number of hydrogen-bond donors (Lipinski definition) is 0. The molecule has 0 saturated carbocycles. The average Bonchev–Trinajstić information content (AvgIpc) is 3.17. The number of carboxylic acids is 2. The third kappa shape index (κ3) is 9.46. The number of carboxylic acid groups (broad SMARTS) is 2. The van der Waals surface area contributed by atoms with Gasteiger partial charge in [-0.3, -0.25) is 0 Å². The van der Waals surface area contributed by atoms with Crippen molar-refractivity contribution in [2.75, 3.05) is 0 Å². The van der Waals surface area contributed by atoms with Gasteiger partial charge in [-0.25, -0.2) is 12.1 Å². The van der Waals surface area contributed by atoms with Crippen LogP contribution in [0.2, 0.25) is 0 Å². The van der Waals surface area contributed by atoms with Crippen LogP contribution in [0.5, 0.6) is 0 Å². The minimum atomic E-state index is -1.13. The van der Waals surface area contributed by atoms with Gasteiger partial charge in [0, 0.05) is 0 Å². The van der Waals surface area contributed by atoms with E-state index in [2.05, 4.69) is 0 Å². The van der Waals surface area contributed by atoms with Crippen LogP contribution in [0, 0.1) is 0 Å². The van der Waals surface area contributed by atoms with Crippen LogP contribution >= 0.6 is 0 Å². The van der Waals surface area contributed by atoms with Crippen LogP contribution < -0.4 is 10.2 Å². The average molecular weight is 355 g/mol. The fourth-order valence-corrected chi connectivity index (χ4v) is 1.47. The molecule has 0 bridgehead atoms. The quantitative estimate of drug-likeness (QED) is 0.516. The fourth-order valence-electron chi connectivity index (χ4n) is 1.47. The molecule has 0 aliphatic heterocycles. The summed E-state index contributed by atoms with van der Waals surface area (Å²) >= 11 is 0. The smallest absolute Gasteiger partial charge is 0.545 e. The molecule has 3 aromatic carbocycles. The molecule has 1 radical (unpaired) electrons. The normalized spacial score (nSPS) is 8.33. The molecule has 0 aliphatic carbocycles. The first-order chi connectivity index (χ1) is 11.1. The van der Waals surface area contributed by atoms with Gasteiger partial charge in [0.05, 0.1) is 11.9 Å². The monoisotopic (exact) mass is 355 g/mol. The maximum atomic E-state index is 10.1. The molecule has 0 aliphatic rings. The Kier molecular flexibility index (Phi) is 11.6. The van der Waals surface area contributed by atoms with Crippen molar-refractivity contribution in [2.24, 2.45) is 0 Å². The van der Waals surface area contributed by atoms with E-state index in [1.807, 2.05) is 30.3 Å². The summed E-state index contributed by atoms with van der Waals surface area (Å²) in [5.41, 5.74) is 0.440. The number of aromatic carboxylic acids is 2. The third-order valence-corrected chi connectivity index (χ3v) is 2.57. The molecule has 119 valence electrons. The van der Waals surface area contributed by atoms with E-state index >= 15 is 0 Å². The molecular weight excluding hydrogens is 340 g/mol. The number of hydrogen-bond acceptors (Lipinski definition) is 4. The molecule has 0 N–H and O–H groups in total. The standard InChI is InChI=1S/2C7H6O2.C5H5.Ti/c2*8-7(9)6-4-2-1-3-5-6;1-2-4-5-3-1;/h2*1-5H,(H,8,9);1-5H;/q;;-1;+3/p-2. The van der Waals surface area contributed by atoms with Gasteiger partial charge in [0.1, 0.15) is 0 Å². The van der Waals surface area contributed by atoms with Crippen LogP contribution in [0.15, 0.2) is 91.0 Å². The zero-order valence-corrected chi connectivity index (χ0v) is 14.4. The summed E-state index contributed by atoms with van der Waals surface area (Å²) in [5, 5.41) is 20.2. The largest absolute Gasteiger partial charge is 3.00 e. The second-order valence-electron chi connectivity index (χ2n) is 4.27. The Hall–Kier alpha value is -2.56. The summed E-state index contributed by atoms with van der Waals surface area (Å²) in [4.78, 5) is 20.2. The van der Waals surface area contributed by atoms with Gasteiger partial charge in [-0.05, 0) is 11.1 Å². The van der Waals surface area contributed by atoms with Gasteiger partial charge in [0.2, 0.25) is 0 Å². The topological polar surface area (TPSA) is 80.3 Å². The Morgan fingerprint density at radius 1 is 0.625 bits per heavy atom. The number of carbonyl (C=O) groups excluding carboxylic acids is 2. The minimum absolute atomic E-state index is 0. The van der Waals surface area contributed by atoms with E-state index in [9.17, 15) is 19.8 Å². The zero-order chi connectivity index (χ0) is 16.9. The predicted octanol–water partition coefficient (Wildman–Crippen LogP) is 1.50. The maximum Gasteiger partial charge on any atom is 3.00 e. The van der Waals surface area contributed by atoms with E-state index in [1.54, 1.807) is 36.4 Å². The molecule has 0 aromatic heterocycles. The maximum absolute atomic E-state index is 10.1. The number of benzene rings is 2. The van der Waals surface area contributed by atoms with Gasteiger partial charge in [0.25, 0.3) is 0 Å². The van der Waals surface area contributed by atoms with Crippen molar-refractivity contribution in [1.29, 1.82) is 0 Å². The summed E-state index contributed by atoms with van der Waals surface area (Å²) in [6.07, 6.45) is 0. The Bertz CT molecular complexity index is 613. The van der Waals surface area contributed by atoms with E-state index in [-0.39, 0.29) is 32.8 Å². The van der Waals surface area contributed by atoms with Gasteiger partial charge in [-0.2, -0.15) is 18.2 Å². The van der Waals surface area contributed by atoms with Crippen molar-refractivity contribution < 1.29 is 41.5 Å². The van der Waals surface area contributed by atoms with Crippen molar-refractivity contribution >= 4 is 11.9 Å². The molecule has 3 rings (SSSR count). The molecule has 0 heterocycles. The molecule has 0 spiro atoms. The van der Waals surface area contributed by atoms with Crippen molar-refractivity contribution in [3.63, 3.8) is 0 Å². The van der Waals surface area contributed by atoms with Crippen LogP contribution in [0.4, 0.5) is 0 Å². The Labute approximate surface area is 155 Å². The summed E-state index contributed by atoms with van der Waals surface area (Å²) in [7, 11) is 0. The van der Waals surface area contributed by atoms with Crippen LogP contribution in [0.1, 0.15) is 20.7 Å². The molecule has 0 unspecified atom stereocenters. The SMILES string of the molecule is O=C([O-])c1ccccc1.O=C([O-])c1ccccc1.[Ti+3].c1cc[cH-]c1. The van der Waals surface area contributed by atoms with Crippen molar-refractivity contribution in [3.05, 3.63) is 102 Å². The zero-order valence-electron chi connectivity index (χ0n) is 12.8. The number of rotatable bonds is 2. The first kappa shape index (κ1) is 21.4. The van der Waals surface area contributed by atoms with Crippen molar-refractivity contribution in [3.8, 4) is 0 Å². The summed E-state index contributed by atoms with van der Waals surface area (Å²) in [5.74, 6) is -2.26. The van der Waals surface area contributed by atoms with E-state index in [0.29, 0.717) is 0 Å². The van der Waals surface area contributed by atoms with Crippen LogP contribution in [0.25, 0.3) is 0 Å². The summed E-state index contributed by atoms with van der Waals surface area (Å²) in [6, 6.07) is 26.1. The molecule has 0 amide bonds. The van der Waals surface area contributed by atoms with E-state index in [0.717, 1.165) is 0 Å². The molecule has 0 atom stereocenters. The minimum Gasteiger partial charge on any atom is -0.545 e. The van der Waals surface area contributed by atoms with Gasteiger partial charge in [0.15, 0.2) is 0 Å². The predicted molar refractivity (Wildman–Crippen MR) is 83.6 cm³/mol. The molecular formula is C19H15O4Ti. The van der Waals surface area contributed by atoms with Gasteiger partial charge < -0.3 is 19.8 Å². The van der Waals surface area contributed by atoms with Crippen molar-refractivity contribution in [1.82, 2.24) is 0 Å². The Morgan fingerprint density at radius 3 is 1.12 bits per heavy atom. The van der Waals surface area contributed by atoms with E-state index < -0.39 is 11.9 Å². The van der Waals surface area contributed by atoms with Crippen LogP contribution in [-0.4, -0.2) is 11.9 Å². The second-order valence-corrected chi connectivity index (χ2v) is 4.27. The molecule has 0 saturated heterocycles. The first-order valence-corrected chi connectivity index (χ1v) is 6.80. The molecule has 3 aromatic rings. The van der Waals surface area contributed by atoms with Crippen molar-refractivity contribution in [2.45, 2.75) is 0 Å². The first-order valence-electron chi connectivity index (χ1n) is 6.80. The molecule has 5 heteroatoms. The molecule has 4 nitrogen and oxygen atoms in total. The summed E-state index contributed by atoms with van der Waals surface area (Å²) in [6.45, 7) is 0. The van der Waals surface area contributed by atoms with E-state index in [1.165, 1.54) is 24.3 Å². The van der Waals surface area contributed by atoms with Crippen LogP contribution in [-0.2, 0) is 21.7 Å².